The van der Waals surface area contributed by atoms with E-state index in [1.54, 1.807) is 12.1 Å². The Labute approximate surface area is 102 Å². The fourth-order valence-corrected chi connectivity index (χ4v) is 3.15. The zero-order valence-electron chi connectivity index (χ0n) is 9.97. The molecule has 2 aliphatic rings. The van der Waals surface area contributed by atoms with Gasteiger partial charge in [-0.05, 0) is 54.8 Å². The Balaban J connectivity index is 1.46. The van der Waals surface area contributed by atoms with Crippen LogP contribution in [0.4, 0.5) is 0 Å². The summed E-state index contributed by atoms with van der Waals surface area (Å²) in [5.74, 6) is 2.86. The van der Waals surface area contributed by atoms with E-state index in [0.717, 1.165) is 30.8 Å². The molecule has 2 N–H and O–H groups in total. The number of aromatic hydroxyl groups is 1. The molecule has 3 rings (SSSR count). The number of fused-ring (bicyclic) bond motifs is 2. The molecule has 0 spiro atoms. The normalized spacial score (nSPS) is 30.0. The van der Waals surface area contributed by atoms with Gasteiger partial charge in [-0.3, -0.25) is 0 Å². The summed E-state index contributed by atoms with van der Waals surface area (Å²) in [4.78, 5) is 0. The van der Waals surface area contributed by atoms with Gasteiger partial charge in [-0.1, -0.05) is 24.3 Å². The fourth-order valence-electron chi connectivity index (χ4n) is 3.15. The first kappa shape index (κ1) is 10.8. The first-order chi connectivity index (χ1) is 8.31. The maximum absolute atomic E-state index is 9.20. The zero-order chi connectivity index (χ0) is 11.7. The summed E-state index contributed by atoms with van der Waals surface area (Å²) in [6.45, 7) is 2.02. The summed E-state index contributed by atoms with van der Waals surface area (Å²) in [7, 11) is 0. The molecule has 0 radical (unpaired) electrons. The highest BCUT2D eigenvalue weighted by atomic mass is 16.3. The molecule has 0 heterocycles. The smallest absolute Gasteiger partial charge is 0.115 e. The molecule has 2 heteroatoms. The topological polar surface area (TPSA) is 32.3 Å². The summed E-state index contributed by atoms with van der Waals surface area (Å²) >= 11 is 0. The van der Waals surface area contributed by atoms with E-state index in [1.165, 1.54) is 18.4 Å². The van der Waals surface area contributed by atoms with E-state index in [-0.39, 0.29) is 0 Å². The van der Waals surface area contributed by atoms with Gasteiger partial charge in [-0.25, -0.2) is 0 Å². The van der Waals surface area contributed by atoms with Crippen LogP contribution in [0.15, 0.2) is 36.4 Å². The minimum Gasteiger partial charge on any atom is -0.508 e. The summed E-state index contributed by atoms with van der Waals surface area (Å²) in [5, 5.41) is 12.7. The van der Waals surface area contributed by atoms with Crippen LogP contribution in [0.2, 0.25) is 0 Å². The third-order valence-electron chi connectivity index (χ3n) is 4.09. The van der Waals surface area contributed by atoms with E-state index in [1.807, 2.05) is 12.1 Å². The van der Waals surface area contributed by atoms with Gasteiger partial charge in [0, 0.05) is 6.54 Å². The molecule has 3 atom stereocenters. The summed E-state index contributed by atoms with van der Waals surface area (Å²) in [6, 6.07) is 7.45. The third kappa shape index (κ3) is 2.37. The van der Waals surface area contributed by atoms with Crippen molar-refractivity contribution in [2.24, 2.45) is 17.8 Å². The van der Waals surface area contributed by atoms with Crippen molar-refractivity contribution in [3.63, 3.8) is 0 Å². The number of hydrogen-bond donors (Lipinski definition) is 2. The second-order valence-corrected chi connectivity index (χ2v) is 5.34. The summed E-state index contributed by atoms with van der Waals surface area (Å²) in [5.41, 5.74) is 1.24. The van der Waals surface area contributed by atoms with Crippen LogP contribution in [0, 0.1) is 17.8 Å². The van der Waals surface area contributed by atoms with Crippen molar-refractivity contribution in [1.29, 1.82) is 0 Å². The van der Waals surface area contributed by atoms with E-state index in [2.05, 4.69) is 17.5 Å². The number of hydrogen-bond acceptors (Lipinski definition) is 2. The number of allylic oxidation sites excluding steroid dienone is 2. The Morgan fingerprint density at radius 3 is 2.59 bits per heavy atom. The van der Waals surface area contributed by atoms with E-state index >= 15 is 0 Å². The molecule has 3 unspecified atom stereocenters. The SMILES string of the molecule is Oc1ccc(CNCC2CC3C=CC2C3)cc1. The van der Waals surface area contributed by atoms with Crippen molar-refractivity contribution in [3.05, 3.63) is 42.0 Å². The quantitative estimate of drug-likeness (QED) is 0.778. The molecule has 1 saturated carbocycles. The maximum Gasteiger partial charge on any atom is 0.115 e. The molecule has 2 aliphatic carbocycles. The lowest BCUT2D eigenvalue weighted by atomic mass is 9.93. The number of rotatable bonds is 4. The van der Waals surface area contributed by atoms with Crippen molar-refractivity contribution in [2.75, 3.05) is 6.54 Å². The minimum atomic E-state index is 0.340. The van der Waals surface area contributed by atoms with Crippen LogP contribution in [-0.2, 0) is 6.54 Å². The molecule has 0 saturated heterocycles. The second-order valence-electron chi connectivity index (χ2n) is 5.34. The van der Waals surface area contributed by atoms with E-state index in [9.17, 15) is 5.11 Å². The highest BCUT2D eigenvalue weighted by molar-refractivity contribution is 5.25. The minimum absolute atomic E-state index is 0.340. The Morgan fingerprint density at radius 2 is 1.94 bits per heavy atom. The molecule has 17 heavy (non-hydrogen) atoms. The molecule has 2 nitrogen and oxygen atoms in total. The van der Waals surface area contributed by atoms with Crippen molar-refractivity contribution in [1.82, 2.24) is 5.32 Å². The number of benzene rings is 1. The molecular weight excluding hydrogens is 210 g/mol. The van der Waals surface area contributed by atoms with Gasteiger partial charge < -0.3 is 10.4 Å². The molecule has 1 aromatic rings. The predicted molar refractivity (Wildman–Crippen MR) is 68.7 cm³/mol. The van der Waals surface area contributed by atoms with Crippen molar-refractivity contribution < 1.29 is 5.11 Å². The first-order valence-electron chi connectivity index (χ1n) is 6.48. The first-order valence-corrected chi connectivity index (χ1v) is 6.48. The molecule has 0 aromatic heterocycles. The summed E-state index contributed by atoms with van der Waals surface area (Å²) in [6.07, 6.45) is 7.54. The monoisotopic (exact) mass is 229 g/mol. The van der Waals surface area contributed by atoms with Crippen LogP contribution in [0.1, 0.15) is 18.4 Å². The van der Waals surface area contributed by atoms with Gasteiger partial charge >= 0.3 is 0 Å². The molecular formula is C15H19NO. The fraction of sp³-hybridized carbons (Fsp3) is 0.467. The largest absolute Gasteiger partial charge is 0.508 e. The van der Waals surface area contributed by atoms with Gasteiger partial charge in [0.1, 0.15) is 5.75 Å². The van der Waals surface area contributed by atoms with E-state index < -0.39 is 0 Å². The van der Waals surface area contributed by atoms with E-state index in [0.29, 0.717) is 5.75 Å². The predicted octanol–water partition coefficient (Wildman–Crippen LogP) is 2.69. The average Bonchev–Trinajstić information content (AvgIpc) is 2.94. The van der Waals surface area contributed by atoms with E-state index in [4.69, 9.17) is 0 Å². The molecule has 0 aliphatic heterocycles. The molecule has 1 fully saturated rings. The molecule has 2 bridgehead atoms. The lowest BCUT2D eigenvalue weighted by molar-refractivity contribution is 0.414. The molecule has 90 valence electrons. The second kappa shape index (κ2) is 4.53. The van der Waals surface area contributed by atoms with Gasteiger partial charge in [0.25, 0.3) is 0 Å². The van der Waals surface area contributed by atoms with Crippen molar-refractivity contribution in [3.8, 4) is 5.75 Å². The van der Waals surface area contributed by atoms with Crippen LogP contribution in [0.3, 0.4) is 0 Å². The molecule has 0 amide bonds. The van der Waals surface area contributed by atoms with Crippen LogP contribution in [-0.4, -0.2) is 11.7 Å². The molecule has 1 aromatic carbocycles. The van der Waals surface area contributed by atoms with Crippen LogP contribution in [0.5, 0.6) is 5.75 Å². The van der Waals surface area contributed by atoms with Crippen LogP contribution >= 0.6 is 0 Å². The third-order valence-corrected chi connectivity index (χ3v) is 4.09. The number of phenolic OH excluding ortho intramolecular Hbond substituents is 1. The summed E-state index contributed by atoms with van der Waals surface area (Å²) < 4.78 is 0. The van der Waals surface area contributed by atoms with Crippen molar-refractivity contribution in [2.45, 2.75) is 19.4 Å². The number of phenols is 1. The Morgan fingerprint density at radius 1 is 1.12 bits per heavy atom. The lowest BCUT2D eigenvalue weighted by Crippen LogP contribution is -2.25. The van der Waals surface area contributed by atoms with Crippen LogP contribution < -0.4 is 5.32 Å². The zero-order valence-corrected chi connectivity index (χ0v) is 9.97. The maximum atomic E-state index is 9.20. The van der Waals surface area contributed by atoms with Gasteiger partial charge in [0.05, 0.1) is 0 Å². The number of nitrogens with one attached hydrogen (secondary N) is 1. The average molecular weight is 229 g/mol. The highest BCUT2D eigenvalue weighted by Crippen LogP contribution is 2.42. The standard InChI is InChI=1S/C15H19NO/c17-15-5-2-11(3-6-15)9-16-10-14-8-12-1-4-13(14)7-12/h1-6,12-14,16-17H,7-10H2. The lowest BCUT2D eigenvalue weighted by Gasteiger charge is -2.18. The van der Waals surface area contributed by atoms with Gasteiger partial charge in [0.15, 0.2) is 0 Å². The Kier molecular flexibility index (Phi) is 2.89. The van der Waals surface area contributed by atoms with Gasteiger partial charge in [0.2, 0.25) is 0 Å². The van der Waals surface area contributed by atoms with Gasteiger partial charge in [-0.15, -0.1) is 0 Å². The Hall–Kier alpha value is -1.28. The van der Waals surface area contributed by atoms with Gasteiger partial charge in [-0.2, -0.15) is 0 Å². The van der Waals surface area contributed by atoms with Crippen LogP contribution in [0.25, 0.3) is 0 Å². The Bertz CT molecular complexity index is 409. The highest BCUT2D eigenvalue weighted by Gasteiger charge is 2.34. The van der Waals surface area contributed by atoms with Crippen molar-refractivity contribution >= 4 is 0 Å².